The molecule has 0 N–H and O–H groups in total. The Balaban J connectivity index is 2.34. The maximum atomic E-state index is 13.3. The lowest BCUT2D eigenvalue weighted by Gasteiger charge is -2.19. The smallest absolute Gasteiger partial charge is 0.320 e. The fraction of sp³-hybridized carbons (Fsp3) is 0.500. The Bertz CT molecular complexity index is 398. The maximum absolute atomic E-state index is 13.3. The molecule has 0 bridgehead atoms. The van der Waals surface area contributed by atoms with Crippen molar-refractivity contribution >= 4 is 5.97 Å². The predicted octanol–water partition coefficient (Wildman–Crippen LogP) is 2.09. The summed E-state index contributed by atoms with van der Waals surface area (Å²) in [5.74, 6) is -0.402. The molecule has 0 aliphatic rings. The molecular formula is C14H20FNO3. The van der Waals surface area contributed by atoms with Gasteiger partial charge in [-0.3, -0.25) is 9.69 Å². The van der Waals surface area contributed by atoms with Crippen LogP contribution < -0.4 is 4.74 Å². The summed E-state index contributed by atoms with van der Waals surface area (Å²) in [6.45, 7) is 5.90. The monoisotopic (exact) mass is 269 g/mol. The van der Waals surface area contributed by atoms with Crippen LogP contribution in [0.25, 0.3) is 0 Å². The molecule has 0 saturated heterocycles. The molecule has 1 aromatic rings. The SMILES string of the molecule is CCOC(=O)CN(CC)CCOc1ccccc1F. The van der Waals surface area contributed by atoms with E-state index in [-0.39, 0.29) is 24.1 Å². The van der Waals surface area contributed by atoms with E-state index in [2.05, 4.69) is 0 Å². The zero-order valence-electron chi connectivity index (χ0n) is 11.4. The first-order valence-corrected chi connectivity index (χ1v) is 6.42. The number of likely N-dealkylation sites (N-methyl/N-ethyl adjacent to an activating group) is 1. The number of ether oxygens (including phenoxy) is 2. The number of hydrogen-bond acceptors (Lipinski definition) is 4. The van der Waals surface area contributed by atoms with Crippen LogP contribution in [0, 0.1) is 5.82 Å². The van der Waals surface area contributed by atoms with E-state index in [1.54, 1.807) is 25.1 Å². The summed E-state index contributed by atoms with van der Waals surface area (Å²) < 4.78 is 23.5. The van der Waals surface area contributed by atoms with E-state index in [9.17, 15) is 9.18 Å². The van der Waals surface area contributed by atoms with E-state index in [1.807, 2.05) is 11.8 Å². The summed E-state index contributed by atoms with van der Waals surface area (Å²) in [4.78, 5) is 13.2. The predicted molar refractivity (Wildman–Crippen MR) is 70.6 cm³/mol. The average molecular weight is 269 g/mol. The molecule has 0 aliphatic heterocycles. The zero-order chi connectivity index (χ0) is 14.1. The molecule has 0 amide bonds. The number of benzene rings is 1. The molecule has 5 heteroatoms. The van der Waals surface area contributed by atoms with Crippen molar-refractivity contribution in [2.45, 2.75) is 13.8 Å². The Morgan fingerprint density at radius 1 is 1.32 bits per heavy atom. The second kappa shape index (κ2) is 8.48. The van der Waals surface area contributed by atoms with E-state index in [4.69, 9.17) is 9.47 Å². The van der Waals surface area contributed by atoms with Crippen molar-refractivity contribution in [2.24, 2.45) is 0 Å². The van der Waals surface area contributed by atoms with Gasteiger partial charge in [-0.15, -0.1) is 0 Å². The van der Waals surface area contributed by atoms with Crippen molar-refractivity contribution in [3.05, 3.63) is 30.1 Å². The number of halogens is 1. The van der Waals surface area contributed by atoms with Crippen LogP contribution in [0.1, 0.15) is 13.8 Å². The number of rotatable bonds is 8. The van der Waals surface area contributed by atoms with Crippen molar-refractivity contribution < 1.29 is 18.7 Å². The Morgan fingerprint density at radius 3 is 2.68 bits per heavy atom. The van der Waals surface area contributed by atoms with Gasteiger partial charge in [-0.05, 0) is 25.6 Å². The quantitative estimate of drug-likeness (QED) is 0.677. The molecule has 4 nitrogen and oxygen atoms in total. The Hall–Kier alpha value is -1.62. The average Bonchev–Trinajstić information content (AvgIpc) is 2.40. The number of esters is 1. The van der Waals surface area contributed by atoms with Crippen molar-refractivity contribution in [1.82, 2.24) is 4.90 Å². The fourth-order valence-electron chi connectivity index (χ4n) is 1.58. The minimum absolute atomic E-state index is 0.227. The summed E-state index contributed by atoms with van der Waals surface area (Å²) in [5, 5.41) is 0. The summed E-state index contributed by atoms with van der Waals surface area (Å²) in [5.41, 5.74) is 0. The van der Waals surface area contributed by atoms with Crippen LogP contribution in [0.4, 0.5) is 4.39 Å². The molecule has 0 aliphatic carbocycles. The van der Waals surface area contributed by atoms with Crippen LogP contribution in [0.15, 0.2) is 24.3 Å². The standard InChI is InChI=1S/C14H20FNO3/c1-3-16(11-14(17)18-4-2)9-10-19-13-8-6-5-7-12(13)15/h5-8H,3-4,9-11H2,1-2H3. The first-order chi connectivity index (χ1) is 9.17. The molecule has 0 aromatic heterocycles. The third kappa shape index (κ3) is 5.70. The number of nitrogens with zero attached hydrogens (tertiary/aromatic N) is 1. The molecule has 0 heterocycles. The molecule has 1 aromatic carbocycles. The third-order valence-corrected chi connectivity index (χ3v) is 2.61. The van der Waals surface area contributed by atoms with Crippen LogP contribution in [-0.2, 0) is 9.53 Å². The first-order valence-electron chi connectivity index (χ1n) is 6.42. The maximum Gasteiger partial charge on any atom is 0.320 e. The first kappa shape index (κ1) is 15.4. The summed E-state index contributed by atoms with van der Waals surface area (Å²) in [6, 6.07) is 6.26. The fourth-order valence-corrected chi connectivity index (χ4v) is 1.58. The largest absolute Gasteiger partial charge is 0.489 e. The topological polar surface area (TPSA) is 38.8 Å². The van der Waals surface area contributed by atoms with Crippen LogP contribution in [-0.4, -0.2) is 43.7 Å². The molecule has 1 rings (SSSR count). The van der Waals surface area contributed by atoms with E-state index in [0.29, 0.717) is 26.3 Å². The highest BCUT2D eigenvalue weighted by Gasteiger charge is 2.10. The van der Waals surface area contributed by atoms with Gasteiger partial charge < -0.3 is 9.47 Å². The van der Waals surface area contributed by atoms with Gasteiger partial charge in [-0.25, -0.2) is 4.39 Å². The van der Waals surface area contributed by atoms with E-state index in [1.165, 1.54) is 6.07 Å². The van der Waals surface area contributed by atoms with Crippen LogP contribution >= 0.6 is 0 Å². The molecule has 0 radical (unpaired) electrons. The lowest BCUT2D eigenvalue weighted by atomic mass is 10.3. The Morgan fingerprint density at radius 2 is 2.05 bits per heavy atom. The van der Waals surface area contributed by atoms with Gasteiger partial charge in [0, 0.05) is 6.54 Å². The van der Waals surface area contributed by atoms with Gasteiger partial charge >= 0.3 is 5.97 Å². The number of para-hydroxylation sites is 1. The summed E-state index contributed by atoms with van der Waals surface area (Å²) in [6.07, 6.45) is 0. The Kier molecular flexibility index (Phi) is 6.89. The zero-order valence-corrected chi connectivity index (χ0v) is 11.4. The van der Waals surface area contributed by atoms with E-state index >= 15 is 0 Å². The lowest BCUT2D eigenvalue weighted by molar-refractivity contribution is -0.144. The highest BCUT2D eigenvalue weighted by Crippen LogP contribution is 2.14. The highest BCUT2D eigenvalue weighted by atomic mass is 19.1. The van der Waals surface area contributed by atoms with Gasteiger partial charge in [-0.2, -0.15) is 0 Å². The van der Waals surface area contributed by atoms with E-state index < -0.39 is 0 Å². The Labute approximate surface area is 113 Å². The molecule has 0 unspecified atom stereocenters. The van der Waals surface area contributed by atoms with Crippen molar-refractivity contribution in [3.8, 4) is 5.75 Å². The van der Waals surface area contributed by atoms with Crippen LogP contribution in [0.2, 0.25) is 0 Å². The lowest BCUT2D eigenvalue weighted by Crippen LogP contribution is -2.34. The number of hydrogen-bond donors (Lipinski definition) is 0. The molecule has 0 atom stereocenters. The van der Waals surface area contributed by atoms with Gasteiger partial charge in [0.2, 0.25) is 0 Å². The van der Waals surface area contributed by atoms with Crippen molar-refractivity contribution in [2.75, 3.05) is 32.8 Å². The molecule has 0 saturated carbocycles. The minimum Gasteiger partial charge on any atom is -0.489 e. The molecule has 0 fully saturated rings. The summed E-state index contributed by atoms with van der Waals surface area (Å²) >= 11 is 0. The number of carbonyl (C=O) groups excluding carboxylic acids is 1. The number of carbonyl (C=O) groups is 1. The summed E-state index contributed by atoms with van der Waals surface area (Å²) in [7, 11) is 0. The van der Waals surface area contributed by atoms with Gasteiger partial charge in [0.1, 0.15) is 6.61 Å². The molecular weight excluding hydrogens is 249 g/mol. The molecule has 19 heavy (non-hydrogen) atoms. The van der Waals surface area contributed by atoms with Gasteiger partial charge in [0.15, 0.2) is 11.6 Å². The van der Waals surface area contributed by atoms with Crippen LogP contribution in [0.5, 0.6) is 5.75 Å². The second-order valence-corrected chi connectivity index (χ2v) is 3.95. The van der Waals surface area contributed by atoms with Crippen molar-refractivity contribution in [1.29, 1.82) is 0 Å². The highest BCUT2D eigenvalue weighted by molar-refractivity contribution is 5.71. The molecule has 0 spiro atoms. The van der Waals surface area contributed by atoms with E-state index in [0.717, 1.165) is 0 Å². The molecule has 106 valence electrons. The normalized spacial score (nSPS) is 10.5. The minimum atomic E-state index is -0.379. The van der Waals surface area contributed by atoms with Gasteiger partial charge in [-0.1, -0.05) is 19.1 Å². The van der Waals surface area contributed by atoms with Gasteiger partial charge in [0.25, 0.3) is 0 Å². The van der Waals surface area contributed by atoms with Gasteiger partial charge in [0.05, 0.1) is 13.2 Å². The van der Waals surface area contributed by atoms with Crippen molar-refractivity contribution in [3.63, 3.8) is 0 Å². The van der Waals surface area contributed by atoms with Crippen LogP contribution in [0.3, 0.4) is 0 Å². The third-order valence-electron chi connectivity index (χ3n) is 2.61. The second-order valence-electron chi connectivity index (χ2n) is 3.95.